The molecule has 1 N–H and O–H groups in total. The van der Waals surface area contributed by atoms with Gasteiger partial charge in [-0.25, -0.2) is 0 Å². The SMILES string of the molecule is COc1ccc(CO[CH]CO)cc1. The Morgan fingerprint density at radius 2 is 2.00 bits per heavy atom. The van der Waals surface area contributed by atoms with E-state index in [1.54, 1.807) is 7.11 Å². The summed E-state index contributed by atoms with van der Waals surface area (Å²) in [4.78, 5) is 0. The van der Waals surface area contributed by atoms with E-state index in [0.717, 1.165) is 11.3 Å². The van der Waals surface area contributed by atoms with Crippen molar-refractivity contribution in [3.63, 3.8) is 0 Å². The molecule has 13 heavy (non-hydrogen) atoms. The number of rotatable bonds is 5. The lowest BCUT2D eigenvalue weighted by Gasteiger charge is -2.03. The van der Waals surface area contributed by atoms with Crippen LogP contribution in [0.5, 0.6) is 5.75 Å². The van der Waals surface area contributed by atoms with Crippen LogP contribution in [0.15, 0.2) is 24.3 Å². The average Bonchev–Trinajstić information content (AvgIpc) is 2.19. The Morgan fingerprint density at radius 3 is 2.54 bits per heavy atom. The monoisotopic (exact) mass is 181 g/mol. The largest absolute Gasteiger partial charge is 0.497 e. The molecule has 0 amide bonds. The molecule has 1 aromatic rings. The van der Waals surface area contributed by atoms with E-state index in [1.807, 2.05) is 24.3 Å². The van der Waals surface area contributed by atoms with Crippen molar-refractivity contribution in [2.45, 2.75) is 6.61 Å². The van der Waals surface area contributed by atoms with Crippen LogP contribution >= 0.6 is 0 Å². The van der Waals surface area contributed by atoms with Crippen LogP contribution in [0, 0.1) is 6.61 Å². The first-order valence-electron chi connectivity index (χ1n) is 4.04. The third-order valence-corrected chi connectivity index (χ3v) is 1.60. The first-order chi connectivity index (χ1) is 6.36. The highest BCUT2D eigenvalue weighted by Crippen LogP contribution is 2.11. The van der Waals surface area contributed by atoms with Crippen molar-refractivity contribution in [3.05, 3.63) is 36.4 Å². The molecule has 1 rings (SSSR count). The summed E-state index contributed by atoms with van der Waals surface area (Å²) in [6, 6.07) is 7.59. The Morgan fingerprint density at radius 1 is 1.31 bits per heavy atom. The summed E-state index contributed by atoms with van der Waals surface area (Å²) in [5.74, 6) is 0.829. The van der Waals surface area contributed by atoms with Crippen molar-refractivity contribution in [1.82, 2.24) is 0 Å². The maximum Gasteiger partial charge on any atom is 0.118 e. The molecule has 0 saturated heterocycles. The van der Waals surface area contributed by atoms with Gasteiger partial charge in [-0.2, -0.15) is 0 Å². The van der Waals surface area contributed by atoms with Crippen molar-refractivity contribution in [3.8, 4) is 5.75 Å². The summed E-state index contributed by atoms with van der Waals surface area (Å²) in [5.41, 5.74) is 1.05. The van der Waals surface area contributed by atoms with Crippen molar-refractivity contribution in [2.24, 2.45) is 0 Å². The number of aliphatic hydroxyl groups excluding tert-OH is 1. The summed E-state index contributed by atoms with van der Waals surface area (Å²) >= 11 is 0. The predicted molar refractivity (Wildman–Crippen MR) is 49.2 cm³/mol. The molecule has 0 atom stereocenters. The van der Waals surface area contributed by atoms with Crippen LogP contribution in [0.25, 0.3) is 0 Å². The Balaban J connectivity index is 2.40. The van der Waals surface area contributed by atoms with Gasteiger partial charge in [0.15, 0.2) is 0 Å². The van der Waals surface area contributed by atoms with E-state index in [-0.39, 0.29) is 6.61 Å². The molecule has 1 radical (unpaired) electrons. The molecule has 0 unspecified atom stereocenters. The molecule has 1 aromatic carbocycles. The summed E-state index contributed by atoms with van der Waals surface area (Å²) < 4.78 is 10.0. The molecule has 71 valence electrons. The lowest BCUT2D eigenvalue weighted by molar-refractivity contribution is 0.140. The van der Waals surface area contributed by atoms with Crippen LogP contribution in [-0.4, -0.2) is 18.8 Å². The van der Waals surface area contributed by atoms with E-state index in [0.29, 0.717) is 6.61 Å². The number of methoxy groups -OCH3 is 1. The van der Waals surface area contributed by atoms with Crippen molar-refractivity contribution in [2.75, 3.05) is 13.7 Å². The van der Waals surface area contributed by atoms with Gasteiger partial charge in [0.05, 0.1) is 20.3 Å². The van der Waals surface area contributed by atoms with Gasteiger partial charge in [-0.3, -0.25) is 0 Å². The number of hydrogen-bond donors (Lipinski definition) is 1. The highest BCUT2D eigenvalue weighted by Gasteiger charge is 1.94. The molecule has 0 heterocycles. The smallest absolute Gasteiger partial charge is 0.118 e. The zero-order valence-electron chi connectivity index (χ0n) is 7.56. The third-order valence-electron chi connectivity index (χ3n) is 1.60. The van der Waals surface area contributed by atoms with E-state index in [1.165, 1.54) is 6.61 Å². The van der Waals surface area contributed by atoms with Crippen molar-refractivity contribution in [1.29, 1.82) is 0 Å². The maximum absolute atomic E-state index is 8.43. The number of aliphatic hydroxyl groups is 1. The predicted octanol–water partition coefficient (Wildman–Crippen LogP) is 1.37. The highest BCUT2D eigenvalue weighted by molar-refractivity contribution is 5.26. The lowest BCUT2D eigenvalue weighted by atomic mass is 10.2. The number of hydrogen-bond acceptors (Lipinski definition) is 3. The van der Waals surface area contributed by atoms with Crippen LogP contribution in [-0.2, 0) is 11.3 Å². The van der Waals surface area contributed by atoms with E-state index < -0.39 is 0 Å². The summed E-state index contributed by atoms with van der Waals surface area (Å²) in [6.45, 7) is 1.78. The second kappa shape index (κ2) is 5.56. The highest BCUT2D eigenvalue weighted by atomic mass is 16.5. The normalized spacial score (nSPS) is 10.0. The first-order valence-corrected chi connectivity index (χ1v) is 4.04. The van der Waals surface area contributed by atoms with Gasteiger partial charge in [0.2, 0.25) is 0 Å². The van der Waals surface area contributed by atoms with E-state index in [9.17, 15) is 0 Å². The van der Waals surface area contributed by atoms with Crippen molar-refractivity contribution >= 4 is 0 Å². The van der Waals surface area contributed by atoms with Crippen LogP contribution in [0.1, 0.15) is 5.56 Å². The van der Waals surface area contributed by atoms with Crippen LogP contribution in [0.2, 0.25) is 0 Å². The molecule has 0 bridgehead atoms. The summed E-state index contributed by atoms with van der Waals surface area (Å²) in [6.07, 6.45) is 0. The van der Waals surface area contributed by atoms with Crippen molar-refractivity contribution < 1.29 is 14.6 Å². The van der Waals surface area contributed by atoms with Gasteiger partial charge in [0.25, 0.3) is 0 Å². The maximum atomic E-state index is 8.43. The fourth-order valence-electron chi connectivity index (χ4n) is 0.930. The van der Waals surface area contributed by atoms with Gasteiger partial charge in [0.1, 0.15) is 12.4 Å². The Bertz CT molecular complexity index is 230. The van der Waals surface area contributed by atoms with Gasteiger partial charge < -0.3 is 14.6 Å². The zero-order chi connectivity index (χ0) is 9.52. The molecule has 0 aromatic heterocycles. The van der Waals surface area contributed by atoms with Gasteiger partial charge in [-0.15, -0.1) is 0 Å². The molecule has 0 spiro atoms. The molecule has 0 aliphatic carbocycles. The van der Waals surface area contributed by atoms with Crippen LogP contribution in [0.3, 0.4) is 0 Å². The van der Waals surface area contributed by atoms with E-state index >= 15 is 0 Å². The molecule has 0 fully saturated rings. The Labute approximate surface area is 77.9 Å². The lowest BCUT2D eigenvalue weighted by Crippen LogP contribution is -1.93. The fourth-order valence-corrected chi connectivity index (χ4v) is 0.930. The minimum Gasteiger partial charge on any atom is -0.497 e. The second-order valence-electron chi connectivity index (χ2n) is 2.51. The first kappa shape index (κ1) is 10.0. The number of ether oxygens (including phenoxy) is 2. The van der Waals surface area contributed by atoms with Gasteiger partial charge in [-0.05, 0) is 17.7 Å². The standard InChI is InChI=1S/C10H13O3/c1-12-10-4-2-9(3-5-10)8-13-7-6-11/h2-5,7,11H,6,8H2,1H3. The van der Waals surface area contributed by atoms with Crippen LogP contribution in [0.4, 0.5) is 0 Å². The summed E-state index contributed by atoms with van der Waals surface area (Å²) in [7, 11) is 1.63. The third kappa shape index (κ3) is 3.44. The minimum atomic E-state index is -0.0594. The summed E-state index contributed by atoms with van der Waals surface area (Å²) in [5, 5.41) is 8.43. The van der Waals surface area contributed by atoms with E-state index in [4.69, 9.17) is 14.6 Å². The second-order valence-corrected chi connectivity index (χ2v) is 2.51. The fraction of sp³-hybridized carbons (Fsp3) is 0.300. The average molecular weight is 181 g/mol. The van der Waals surface area contributed by atoms with Gasteiger partial charge >= 0.3 is 0 Å². The zero-order valence-corrected chi connectivity index (χ0v) is 7.56. The molecular formula is C10H13O3. The van der Waals surface area contributed by atoms with Crippen LogP contribution < -0.4 is 4.74 Å². The minimum absolute atomic E-state index is 0.0594. The quantitative estimate of drug-likeness (QED) is 0.697. The molecular weight excluding hydrogens is 168 g/mol. The molecule has 0 aliphatic rings. The van der Waals surface area contributed by atoms with E-state index in [2.05, 4.69) is 0 Å². The van der Waals surface area contributed by atoms with Gasteiger partial charge in [0, 0.05) is 0 Å². The molecule has 3 nitrogen and oxygen atoms in total. The Kier molecular flexibility index (Phi) is 4.29. The molecule has 0 saturated carbocycles. The molecule has 0 aliphatic heterocycles. The number of benzene rings is 1. The Hall–Kier alpha value is -1.06. The van der Waals surface area contributed by atoms with Gasteiger partial charge in [-0.1, -0.05) is 12.1 Å². The molecule has 3 heteroatoms. The topological polar surface area (TPSA) is 38.7 Å².